The Morgan fingerprint density at radius 1 is 0.982 bits per heavy atom. The Kier molecular flexibility index (Phi) is 14.5. The number of allylic oxidation sites excluding steroid dienone is 3. The van der Waals surface area contributed by atoms with E-state index in [9.17, 15) is 29.4 Å². The molecular weight excluding hydrogens is 730 g/mol. The zero-order valence-electron chi connectivity index (χ0n) is 34.0. The smallest absolute Gasteiger partial charge is 0.329 e. The molecule has 4 fully saturated rings. The van der Waals surface area contributed by atoms with E-state index in [0.717, 1.165) is 18.4 Å². The number of aliphatic hydroxyl groups excluding tert-OH is 1. The van der Waals surface area contributed by atoms with E-state index >= 15 is 0 Å². The molecule has 13 heteroatoms. The molecule has 1 saturated carbocycles. The number of aliphatic hydroxyl groups is 2. The number of ketones is 2. The van der Waals surface area contributed by atoms with Crippen molar-refractivity contribution in [2.24, 2.45) is 29.1 Å². The van der Waals surface area contributed by atoms with E-state index in [2.05, 4.69) is 6.08 Å². The molecule has 12 nitrogen and oxygen atoms in total. The molecule has 3 aliphatic heterocycles. The molecule has 3 heterocycles. The fourth-order valence-corrected chi connectivity index (χ4v) is 10.5. The molecule has 5 rings (SSSR count). The van der Waals surface area contributed by atoms with E-state index in [4.69, 9.17) is 35.3 Å². The van der Waals surface area contributed by atoms with Gasteiger partial charge in [-0.3, -0.25) is 14.4 Å². The largest absolute Gasteiger partial charge is 0.456 e. The first-order chi connectivity index (χ1) is 26.0. The molecule has 5 aliphatic rings. The Hall–Kier alpha value is -2.19. The number of esters is 1. The topological polar surface area (TPSA) is 158 Å². The van der Waals surface area contributed by atoms with Crippen molar-refractivity contribution in [3.05, 3.63) is 23.3 Å². The van der Waals surface area contributed by atoms with Crippen molar-refractivity contribution in [2.45, 2.75) is 159 Å². The van der Waals surface area contributed by atoms with Crippen molar-refractivity contribution in [1.29, 1.82) is 0 Å². The van der Waals surface area contributed by atoms with Gasteiger partial charge in [0.15, 0.2) is 0 Å². The van der Waals surface area contributed by atoms with Crippen LogP contribution in [0.2, 0.25) is 0 Å². The van der Waals surface area contributed by atoms with E-state index in [1.807, 2.05) is 26.8 Å². The monoisotopic (exact) mass is 793 g/mol. The Morgan fingerprint density at radius 3 is 2.31 bits per heavy atom. The molecule has 3 saturated heterocycles. The number of methoxy groups -OCH3 is 3. The van der Waals surface area contributed by atoms with Crippen molar-refractivity contribution < 1.29 is 53.1 Å². The van der Waals surface area contributed by atoms with Gasteiger partial charge in [-0.25, -0.2) is 4.79 Å². The minimum atomic E-state index is -2.52. The molecule has 2 N–H and O–H groups in total. The number of piperidine rings is 1. The third-order valence-corrected chi connectivity index (χ3v) is 14.1. The van der Waals surface area contributed by atoms with Gasteiger partial charge in [-0.1, -0.05) is 38.5 Å². The van der Waals surface area contributed by atoms with Crippen LogP contribution in [0.3, 0.4) is 0 Å². The normalized spacial score (nSPS) is 42.9. The summed E-state index contributed by atoms with van der Waals surface area (Å²) in [4.78, 5) is 58.6. The lowest BCUT2D eigenvalue weighted by Gasteiger charge is -2.47. The Balaban J connectivity index is 1.58. The standard InChI is InChI=1S/C42H64ClNO11/c1-9-41-22-23(2)16-28(41)20-34(53-8)37-33(52-7)18-25(4)42(50,55-37)38(47)39(48)44-15-11-10-12-30(44)40(49)54-36(26(5)31(45)21-35(41)46)24(3)17-27-13-14-29(43)32(19-27)51-6/h17,22,25-34,36-37,45,50H,9-16,18-21H2,1-8H3/b24-17+/t25-,26-,27+,28+,29+,30+,31+,32-,33+,34+,36-,37+,41-,42-/m1/s1. The molecular formula is C42H64ClNO11. The molecule has 2 aliphatic carbocycles. The first kappa shape index (κ1) is 43.9. The van der Waals surface area contributed by atoms with Gasteiger partial charge in [0.2, 0.25) is 5.79 Å². The van der Waals surface area contributed by atoms with Gasteiger partial charge in [0.05, 0.1) is 35.2 Å². The van der Waals surface area contributed by atoms with Gasteiger partial charge in [0.1, 0.15) is 24.0 Å². The number of halogens is 1. The van der Waals surface area contributed by atoms with Crippen LogP contribution in [0.15, 0.2) is 23.3 Å². The van der Waals surface area contributed by atoms with Gasteiger partial charge in [0.25, 0.3) is 11.7 Å². The SMILES string of the molecule is CC[C@@]12C=C(C)C[C@H]1C[C@H](OC)[C@H]1O[C@@](O)(C(=O)C(=O)N3CCCC[C@H]3C(=O)O[C@H](/C(C)=C/[C@@H]3CC[C@H](Cl)[C@H](OC)C3)[C@H](C)[C@@H](O)CC2=O)[C@H](C)C[C@@H]1OC. The zero-order valence-corrected chi connectivity index (χ0v) is 34.7. The van der Waals surface area contributed by atoms with Crippen LogP contribution in [0.1, 0.15) is 105 Å². The van der Waals surface area contributed by atoms with Gasteiger partial charge in [-0.15, -0.1) is 11.6 Å². The lowest BCUT2D eigenvalue weighted by Crippen LogP contribution is -2.64. The molecule has 0 radical (unpaired) electrons. The quantitative estimate of drug-likeness (QED) is 0.160. The van der Waals surface area contributed by atoms with Crippen molar-refractivity contribution in [3.8, 4) is 0 Å². The van der Waals surface area contributed by atoms with Crippen molar-refractivity contribution >= 4 is 35.0 Å². The lowest BCUT2D eigenvalue weighted by molar-refractivity contribution is -0.303. The molecule has 2 bridgehead atoms. The molecule has 1 amide bonds. The van der Waals surface area contributed by atoms with Gasteiger partial charge >= 0.3 is 5.97 Å². The molecule has 0 aromatic rings. The maximum absolute atomic E-state index is 14.6. The van der Waals surface area contributed by atoms with Crippen LogP contribution < -0.4 is 0 Å². The number of carbonyl (C=O) groups is 4. The number of ether oxygens (including phenoxy) is 5. The number of cyclic esters (lactones) is 1. The van der Waals surface area contributed by atoms with Crippen LogP contribution in [-0.4, -0.2) is 120 Å². The summed E-state index contributed by atoms with van der Waals surface area (Å²) in [6.45, 7) is 9.32. The predicted molar refractivity (Wildman–Crippen MR) is 205 cm³/mol. The van der Waals surface area contributed by atoms with Crippen molar-refractivity contribution in [3.63, 3.8) is 0 Å². The van der Waals surface area contributed by atoms with Crippen LogP contribution >= 0.6 is 11.6 Å². The number of hydrogen-bond donors (Lipinski definition) is 2. The third-order valence-electron chi connectivity index (χ3n) is 13.6. The molecule has 310 valence electrons. The van der Waals surface area contributed by atoms with E-state index in [-0.39, 0.29) is 54.9 Å². The highest BCUT2D eigenvalue weighted by Gasteiger charge is 2.58. The fourth-order valence-electron chi connectivity index (χ4n) is 10.2. The minimum absolute atomic E-state index is 0.0762. The summed E-state index contributed by atoms with van der Waals surface area (Å²) in [6.07, 6.45) is 4.60. The number of rotatable bonds is 6. The number of amides is 1. The molecule has 0 aromatic heterocycles. The zero-order chi connectivity index (χ0) is 40.4. The van der Waals surface area contributed by atoms with Gasteiger partial charge in [-0.2, -0.15) is 0 Å². The van der Waals surface area contributed by atoms with E-state index in [1.165, 1.54) is 19.1 Å². The van der Waals surface area contributed by atoms with E-state index < -0.39 is 77.3 Å². The second-order valence-electron chi connectivity index (χ2n) is 17.0. The fraction of sp³-hybridized carbons (Fsp3) is 0.810. The number of Topliss-reactive ketones (excluding diaryl/α,β-unsaturated/α-hetero) is 2. The maximum atomic E-state index is 14.6. The first-order valence-corrected chi connectivity index (χ1v) is 20.7. The van der Waals surface area contributed by atoms with Crippen LogP contribution in [0, 0.1) is 29.1 Å². The Bertz CT molecular complexity index is 1480. The average molecular weight is 794 g/mol. The summed E-state index contributed by atoms with van der Waals surface area (Å²) in [7, 11) is 4.68. The highest BCUT2D eigenvalue weighted by Crippen LogP contribution is 2.50. The van der Waals surface area contributed by atoms with E-state index in [1.54, 1.807) is 21.0 Å². The van der Waals surface area contributed by atoms with Crippen molar-refractivity contribution in [2.75, 3.05) is 27.9 Å². The first-order valence-electron chi connectivity index (χ1n) is 20.3. The maximum Gasteiger partial charge on any atom is 0.329 e. The van der Waals surface area contributed by atoms with Gasteiger partial charge in [0, 0.05) is 46.1 Å². The summed E-state index contributed by atoms with van der Waals surface area (Å²) in [5, 5.41) is 23.9. The number of hydrogen-bond acceptors (Lipinski definition) is 11. The average Bonchev–Trinajstić information content (AvgIpc) is 3.51. The molecule has 55 heavy (non-hydrogen) atoms. The number of alkyl halides is 1. The highest BCUT2D eigenvalue weighted by atomic mass is 35.5. The second-order valence-corrected chi connectivity index (χ2v) is 17.6. The summed E-state index contributed by atoms with van der Waals surface area (Å²) in [6, 6.07) is -1.11. The molecule has 0 aromatic carbocycles. The van der Waals surface area contributed by atoms with Gasteiger partial charge in [-0.05, 0) is 95.5 Å². The lowest BCUT2D eigenvalue weighted by atomic mass is 9.68. The predicted octanol–water partition coefficient (Wildman–Crippen LogP) is 5.08. The van der Waals surface area contributed by atoms with Gasteiger partial charge < -0.3 is 38.8 Å². The Labute approximate surface area is 331 Å². The highest BCUT2D eigenvalue weighted by molar-refractivity contribution is 6.39. The van der Waals surface area contributed by atoms with Crippen LogP contribution in [0.5, 0.6) is 0 Å². The van der Waals surface area contributed by atoms with Crippen LogP contribution in [0.25, 0.3) is 0 Å². The third kappa shape index (κ3) is 8.81. The van der Waals surface area contributed by atoms with Crippen LogP contribution in [0.4, 0.5) is 0 Å². The Morgan fingerprint density at radius 2 is 1.65 bits per heavy atom. The molecule has 14 atom stereocenters. The summed E-state index contributed by atoms with van der Waals surface area (Å²) >= 11 is 6.53. The van der Waals surface area contributed by atoms with Crippen molar-refractivity contribution in [1.82, 2.24) is 4.90 Å². The minimum Gasteiger partial charge on any atom is -0.456 e. The number of fused-ring (bicyclic) bond motifs is 4. The van der Waals surface area contributed by atoms with Crippen LogP contribution in [-0.2, 0) is 42.9 Å². The second kappa shape index (κ2) is 18.2. The number of carbonyl (C=O) groups excluding carboxylic acids is 4. The number of nitrogens with zero attached hydrogens (tertiary/aromatic N) is 1. The summed E-state index contributed by atoms with van der Waals surface area (Å²) in [5.74, 6) is -7.26. The molecule has 0 spiro atoms. The molecule has 0 unspecified atom stereocenters. The summed E-state index contributed by atoms with van der Waals surface area (Å²) in [5.41, 5.74) is 0.805. The van der Waals surface area contributed by atoms with E-state index in [0.29, 0.717) is 44.1 Å². The summed E-state index contributed by atoms with van der Waals surface area (Å²) < 4.78 is 30.1.